The average Bonchev–Trinajstić information content (AvgIpc) is 3.65. The molecule has 10 aromatic carbocycles. The van der Waals surface area contributed by atoms with E-state index in [0.29, 0.717) is 0 Å². The third-order valence-electron chi connectivity index (χ3n) is 11.2. The summed E-state index contributed by atoms with van der Waals surface area (Å²) >= 11 is 0. The van der Waals surface area contributed by atoms with E-state index >= 15 is 0 Å². The molecule has 0 saturated carbocycles. The van der Waals surface area contributed by atoms with Crippen LogP contribution < -0.4 is 4.90 Å². The van der Waals surface area contributed by atoms with Crippen molar-refractivity contribution in [2.24, 2.45) is 0 Å². The van der Waals surface area contributed by atoms with Crippen molar-refractivity contribution in [2.75, 3.05) is 4.90 Å². The predicted molar refractivity (Wildman–Crippen MR) is 237 cm³/mol. The Morgan fingerprint density at radius 3 is 1.46 bits per heavy atom. The van der Waals surface area contributed by atoms with Crippen LogP contribution in [-0.2, 0) is 0 Å². The Balaban J connectivity index is 0.996. The van der Waals surface area contributed by atoms with Gasteiger partial charge in [0.1, 0.15) is 11.2 Å². The van der Waals surface area contributed by atoms with E-state index < -0.39 is 0 Å². The highest BCUT2D eigenvalue weighted by atomic mass is 16.3. The Morgan fingerprint density at radius 2 is 0.786 bits per heavy atom. The lowest BCUT2D eigenvalue weighted by Gasteiger charge is -2.26. The minimum absolute atomic E-state index is 0.902. The largest absolute Gasteiger partial charge is 0.456 e. The molecule has 0 spiro atoms. The van der Waals surface area contributed by atoms with E-state index in [-0.39, 0.29) is 0 Å². The highest BCUT2D eigenvalue weighted by Crippen LogP contribution is 2.43. The molecule has 0 unspecified atom stereocenters. The van der Waals surface area contributed by atoms with Crippen molar-refractivity contribution in [3.8, 4) is 33.4 Å². The fourth-order valence-corrected chi connectivity index (χ4v) is 8.41. The van der Waals surface area contributed by atoms with Crippen LogP contribution in [0.5, 0.6) is 0 Å². The number of anilines is 3. The number of hydrogen-bond donors (Lipinski definition) is 0. The summed E-state index contributed by atoms with van der Waals surface area (Å²) < 4.78 is 6.53. The van der Waals surface area contributed by atoms with Gasteiger partial charge in [0.05, 0.1) is 0 Å². The molecule has 0 N–H and O–H groups in total. The normalized spacial score (nSPS) is 11.6. The van der Waals surface area contributed by atoms with Crippen molar-refractivity contribution < 1.29 is 4.42 Å². The van der Waals surface area contributed by atoms with Crippen molar-refractivity contribution in [1.29, 1.82) is 0 Å². The lowest BCUT2D eigenvalue weighted by Crippen LogP contribution is -2.09. The molecule has 0 bridgehead atoms. The Labute approximate surface area is 325 Å². The van der Waals surface area contributed by atoms with Gasteiger partial charge in [-0.25, -0.2) is 0 Å². The van der Waals surface area contributed by atoms with Crippen molar-refractivity contribution in [3.63, 3.8) is 0 Å². The molecular formula is C54H35NO. The fourth-order valence-electron chi connectivity index (χ4n) is 8.41. The van der Waals surface area contributed by atoms with Crippen LogP contribution in [0.2, 0.25) is 0 Å². The summed E-state index contributed by atoms with van der Waals surface area (Å²) in [5.41, 5.74) is 12.2. The number of nitrogens with zero attached hydrogens (tertiary/aromatic N) is 1. The second-order valence-electron chi connectivity index (χ2n) is 14.5. The van der Waals surface area contributed by atoms with Crippen LogP contribution in [0.15, 0.2) is 217 Å². The topological polar surface area (TPSA) is 16.4 Å². The highest BCUT2D eigenvalue weighted by Gasteiger charge is 2.17. The van der Waals surface area contributed by atoms with Crippen molar-refractivity contribution in [2.45, 2.75) is 0 Å². The van der Waals surface area contributed by atoms with Gasteiger partial charge < -0.3 is 9.32 Å². The van der Waals surface area contributed by atoms with E-state index in [0.717, 1.165) is 50.1 Å². The van der Waals surface area contributed by atoms with Gasteiger partial charge in [-0.15, -0.1) is 0 Å². The van der Waals surface area contributed by atoms with Gasteiger partial charge in [0.15, 0.2) is 0 Å². The Kier molecular flexibility index (Phi) is 7.53. The summed E-state index contributed by atoms with van der Waals surface area (Å²) in [6, 6.07) is 76.5. The Bertz CT molecular complexity index is 3230. The Morgan fingerprint density at radius 1 is 0.286 bits per heavy atom. The second-order valence-corrected chi connectivity index (χ2v) is 14.5. The summed E-state index contributed by atoms with van der Waals surface area (Å²) in [5, 5.41) is 9.65. The molecule has 1 aromatic heterocycles. The van der Waals surface area contributed by atoms with Crippen LogP contribution in [0.4, 0.5) is 17.1 Å². The van der Waals surface area contributed by atoms with Gasteiger partial charge in [0.2, 0.25) is 0 Å². The first kappa shape index (κ1) is 32.0. The van der Waals surface area contributed by atoms with Crippen LogP contribution in [-0.4, -0.2) is 0 Å². The van der Waals surface area contributed by atoms with Gasteiger partial charge in [-0.2, -0.15) is 0 Å². The van der Waals surface area contributed by atoms with Crippen LogP contribution in [0.25, 0.3) is 87.6 Å². The predicted octanol–water partition coefficient (Wildman–Crippen LogP) is 15.5. The minimum atomic E-state index is 0.902. The molecule has 0 radical (unpaired) electrons. The molecule has 0 aliphatic carbocycles. The van der Waals surface area contributed by atoms with E-state index in [4.69, 9.17) is 4.42 Å². The zero-order valence-electron chi connectivity index (χ0n) is 30.6. The standard InChI is InChI=1S/C54H35NO/c1-2-14-45(15-3-1)55(46-27-22-38(23-28-46)42-20-18-36-10-4-6-12-40(36)32-42)47-29-24-39(25-30-47)43-26-31-48-50(44-21-19-37-11-5-7-13-41(37)33-44)35-53-54(51(48)34-43)49-16-8-9-17-52(49)56-53/h1-35H. The van der Waals surface area contributed by atoms with Gasteiger partial charge >= 0.3 is 0 Å². The number of hydrogen-bond acceptors (Lipinski definition) is 2. The smallest absolute Gasteiger partial charge is 0.136 e. The van der Waals surface area contributed by atoms with E-state index in [2.05, 4.69) is 211 Å². The Hall–Kier alpha value is -7.42. The second kappa shape index (κ2) is 13.2. The molecule has 0 aliphatic rings. The average molecular weight is 714 g/mol. The SMILES string of the molecule is c1ccc(N(c2ccc(-c3ccc4ccccc4c3)cc2)c2ccc(-c3ccc4c(-c5ccc6ccccc6c5)cc5oc6ccccc6c5c4c3)cc2)cc1. The zero-order chi connectivity index (χ0) is 37.0. The van der Waals surface area contributed by atoms with Crippen LogP contribution in [0.1, 0.15) is 0 Å². The van der Waals surface area contributed by atoms with Crippen LogP contribution >= 0.6 is 0 Å². The van der Waals surface area contributed by atoms with E-state index in [1.807, 2.05) is 6.07 Å². The number of benzene rings is 10. The van der Waals surface area contributed by atoms with E-state index in [9.17, 15) is 0 Å². The number of fused-ring (bicyclic) bond motifs is 7. The zero-order valence-corrected chi connectivity index (χ0v) is 30.6. The van der Waals surface area contributed by atoms with Crippen molar-refractivity contribution in [3.05, 3.63) is 212 Å². The highest BCUT2D eigenvalue weighted by molar-refractivity contribution is 6.22. The lowest BCUT2D eigenvalue weighted by atomic mass is 9.91. The summed E-state index contributed by atoms with van der Waals surface area (Å²) in [4.78, 5) is 2.32. The molecule has 0 fully saturated rings. The maximum atomic E-state index is 6.53. The number of para-hydroxylation sites is 2. The van der Waals surface area contributed by atoms with Gasteiger partial charge in [-0.1, -0.05) is 146 Å². The summed E-state index contributed by atoms with van der Waals surface area (Å²) in [5.74, 6) is 0. The molecule has 56 heavy (non-hydrogen) atoms. The molecule has 262 valence electrons. The summed E-state index contributed by atoms with van der Waals surface area (Å²) in [6.45, 7) is 0. The van der Waals surface area contributed by atoms with Gasteiger partial charge in [0, 0.05) is 27.8 Å². The first-order valence-electron chi connectivity index (χ1n) is 19.2. The van der Waals surface area contributed by atoms with Gasteiger partial charge in [-0.05, 0) is 132 Å². The van der Waals surface area contributed by atoms with E-state index in [1.54, 1.807) is 0 Å². The van der Waals surface area contributed by atoms with Crippen LogP contribution in [0.3, 0.4) is 0 Å². The fraction of sp³-hybridized carbons (Fsp3) is 0. The molecule has 11 rings (SSSR count). The monoisotopic (exact) mass is 713 g/mol. The molecule has 0 aliphatic heterocycles. The van der Waals surface area contributed by atoms with Gasteiger partial charge in [0.25, 0.3) is 0 Å². The molecule has 0 amide bonds. The molecule has 0 atom stereocenters. The lowest BCUT2D eigenvalue weighted by molar-refractivity contribution is 0.669. The van der Waals surface area contributed by atoms with Crippen LogP contribution in [0, 0.1) is 0 Å². The number of furan rings is 1. The van der Waals surface area contributed by atoms with Gasteiger partial charge in [-0.3, -0.25) is 0 Å². The molecular weight excluding hydrogens is 679 g/mol. The molecule has 0 saturated heterocycles. The van der Waals surface area contributed by atoms with Crippen molar-refractivity contribution in [1.82, 2.24) is 0 Å². The molecule has 2 nitrogen and oxygen atoms in total. The molecule has 11 aromatic rings. The molecule has 1 heterocycles. The van der Waals surface area contributed by atoms with Crippen molar-refractivity contribution >= 4 is 71.3 Å². The first-order chi connectivity index (χ1) is 27.7. The number of rotatable bonds is 6. The third-order valence-corrected chi connectivity index (χ3v) is 11.2. The minimum Gasteiger partial charge on any atom is -0.456 e. The quantitative estimate of drug-likeness (QED) is 0.171. The molecule has 2 heteroatoms. The maximum absolute atomic E-state index is 6.53. The summed E-state index contributed by atoms with van der Waals surface area (Å²) in [7, 11) is 0. The van der Waals surface area contributed by atoms with E-state index in [1.165, 1.54) is 54.6 Å². The first-order valence-corrected chi connectivity index (χ1v) is 19.2. The third kappa shape index (κ3) is 5.51. The maximum Gasteiger partial charge on any atom is 0.136 e. The summed E-state index contributed by atoms with van der Waals surface area (Å²) in [6.07, 6.45) is 0.